The molecule has 3 aromatic rings. The molecule has 4 rings (SSSR count). The second kappa shape index (κ2) is 10.6. The first-order valence-electron chi connectivity index (χ1n) is 12.0. The van der Waals surface area contributed by atoms with Crippen LogP contribution in [0.15, 0.2) is 78.9 Å². The van der Waals surface area contributed by atoms with Gasteiger partial charge in [0.15, 0.2) is 0 Å². The Morgan fingerprint density at radius 1 is 0.889 bits per heavy atom. The minimum atomic E-state index is -1.06. The van der Waals surface area contributed by atoms with Crippen LogP contribution >= 0.6 is 0 Å². The summed E-state index contributed by atoms with van der Waals surface area (Å²) in [5.41, 5.74) is 4.56. The van der Waals surface area contributed by atoms with E-state index in [4.69, 9.17) is 9.84 Å². The van der Waals surface area contributed by atoms with E-state index in [0.717, 1.165) is 27.8 Å². The van der Waals surface area contributed by atoms with Crippen molar-refractivity contribution in [1.29, 1.82) is 0 Å². The summed E-state index contributed by atoms with van der Waals surface area (Å²) in [4.78, 5) is 37.0. The molecule has 3 N–H and O–H groups in total. The lowest BCUT2D eigenvalue weighted by atomic mass is 9.93. The van der Waals surface area contributed by atoms with Gasteiger partial charge in [-0.15, -0.1) is 0 Å². The van der Waals surface area contributed by atoms with Gasteiger partial charge in [-0.1, -0.05) is 78.9 Å². The molecular formula is C29H30N2O5. The second-order valence-corrected chi connectivity index (χ2v) is 9.44. The van der Waals surface area contributed by atoms with E-state index in [1.165, 1.54) is 0 Å². The molecule has 1 aliphatic carbocycles. The Morgan fingerprint density at radius 3 is 2.03 bits per heavy atom. The first kappa shape index (κ1) is 25.0. The third-order valence-corrected chi connectivity index (χ3v) is 6.53. The number of ether oxygens (including phenoxy) is 1. The number of aliphatic carboxylic acids is 1. The molecule has 36 heavy (non-hydrogen) atoms. The molecule has 0 heterocycles. The van der Waals surface area contributed by atoms with Crippen molar-refractivity contribution in [3.8, 4) is 11.1 Å². The zero-order valence-corrected chi connectivity index (χ0v) is 20.4. The van der Waals surface area contributed by atoms with Gasteiger partial charge in [-0.25, -0.2) is 4.79 Å². The Hall–Kier alpha value is -4.13. The number of nitrogens with one attached hydrogen (secondary N) is 2. The molecule has 0 saturated carbocycles. The normalized spacial score (nSPS) is 13.3. The summed E-state index contributed by atoms with van der Waals surface area (Å²) in [5, 5.41) is 14.7. The molecular weight excluding hydrogens is 456 g/mol. The van der Waals surface area contributed by atoms with Gasteiger partial charge in [0.05, 0.1) is 5.54 Å². The van der Waals surface area contributed by atoms with Gasteiger partial charge in [0, 0.05) is 12.3 Å². The molecule has 0 aliphatic heterocycles. The van der Waals surface area contributed by atoms with Gasteiger partial charge in [0.25, 0.3) is 0 Å². The minimum Gasteiger partial charge on any atom is -0.481 e. The number of alkyl carbamates (subject to hydrolysis) is 1. The van der Waals surface area contributed by atoms with Crippen LogP contribution in [-0.4, -0.2) is 35.7 Å². The molecule has 0 spiro atoms. The highest BCUT2D eigenvalue weighted by atomic mass is 16.5. The maximum absolute atomic E-state index is 13.1. The van der Waals surface area contributed by atoms with Crippen molar-refractivity contribution in [3.63, 3.8) is 0 Å². The number of hydrogen-bond donors (Lipinski definition) is 3. The number of amides is 2. The summed E-state index contributed by atoms with van der Waals surface area (Å²) in [5.74, 6) is -1.64. The summed E-state index contributed by atoms with van der Waals surface area (Å²) in [6, 6.07) is 24.4. The van der Waals surface area contributed by atoms with E-state index in [1.807, 2.05) is 80.6 Å². The van der Waals surface area contributed by atoms with Crippen molar-refractivity contribution in [2.75, 3.05) is 6.61 Å². The van der Waals surface area contributed by atoms with E-state index >= 15 is 0 Å². The van der Waals surface area contributed by atoms with Crippen LogP contribution in [0.4, 0.5) is 4.79 Å². The van der Waals surface area contributed by atoms with Crippen LogP contribution in [0.1, 0.15) is 49.3 Å². The number of rotatable bonds is 9. The summed E-state index contributed by atoms with van der Waals surface area (Å²) < 4.78 is 5.56. The highest BCUT2D eigenvalue weighted by Crippen LogP contribution is 2.44. The first-order valence-corrected chi connectivity index (χ1v) is 12.0. The molecule has 3 aromatic carbocycles. The Bertz CT molecular complexity index is 1210. The molecule has 7 nitrogen and oxygen atoms in total. The monoisotopic (exact) mass is 486 g/mol. The molecule has 0 unspecified atom stereocenters. The topological polar surface area (TPSA) is 105 Å². The predicted molar refractivity (Wildman–Crippen MR) is 136 cm³/mol. The summed E-state index contributed by atoms with van der Waals surface area (Å²) in [6.45, 7) is 3.80. The SMILES string of the molecule is CC(C)(NC(=O)[C@H](CCC(=O)O)NC(=O)OCC1c2ccccc2-c2ccccc21)c1ccccc1. The van der Waals surface area contributed by atoms with Crippen LogP contribution in [-0.2, 0) is 19.9 Å². The molecule has 1 aliphatic rings. The Labute approximate surface area is 210 Å². The van der Waals surface area contributed by atoms with Crippen LogP contribution in [0.2, 0.25) is 0 Å². The Balaban J connectivity index is 1.43. The number of carbonyl (C=O) groups is 3. The smallest absolute Gasteiger partial charge is 0.407 e. The quantitative estimate of drug-likeness (QED) is 0.403. The van der Waals surface area contributed by atoms with Gasteiger partial charge in [0.2, 0.25) is 5.91 Å². The molecule has 2 amide bonds. The first-order chi connectivity index (χ1) is 17.3. The van der Waals surface area contributed by atoms with E-state index in [9.17, 15) is 14.4 Å². The lowest BCUT2D eigenvalue weighted by molar-refractivity contribution is -0.137. The van der Waals surface area contributed by atoms with Crippen LogP contribution in [0.25, 0.3) is 11.1 Å². The van der Waals surface area contributed by atoms with Crippen molar-refractivity contribution >= 4 is 18.0 Å². The van der Waals surface area contributed by atoms with Gasteiger partial charge in [-0.2, -0.15) is 0 Å². The van der Waals surface area contributed by atoms with Crippen molar-refractivity contribution in [2.24, 2.45) is 0 Å². The van der Waals surface area contributed by atoms with E-state index in [1.54, 1.807) is 0 Å². The van der Waals surface area contributed by atoms with Crippen LogP contribution in [0, 0.1) is 0 Å². The highest BCUT2D eigenvalue weighted by Gasteiger charge is 2.31. The van der Waals surface area contributed by atoms with Gasteiger partial charge in [-0.3, -0.25) is 9.59 Å². The van der Waals surface area contributed by atoms with Crippen molar-refractivity contribution in [1.82, 2.24) is 10.6 Å². The molecule has 0 aromatic heterocycles. The molecule has 0 bridgehead atoms. The van der Waals surface area contributed by atoms with E-state index in [0.29, 0.717) is 0 Å². The molecule has 0 radical (unpaired) electrons. The van der Waals surface area contributed by atoms with E-state index in [2.05, 4.69) is 22.8 Å². The lowest BCUT2D eigenvalue weighted by Crippen LogP contribution is -2.52. The number of carboxylic acids is 1. The fraction of sp³-hybridized carbons (Fsp3) is 0.276. The zero-order chi connectivity index (χ0) is 25.7. The summed E-state index contributed by atoms with van der Waals surface area (Å²) in [7, 11) is 0. The summed E-state index contributed by atoms with van der Waals surface area (Å²) >= 11 is 0. The number of hydrogen-bond acceptors (Lipinski definition) is 4. The maximum Gasteiger partial charge on any atom is 0.407 e. The summed E-state index contributed by atoms with van der Waals surface area (Å²) in [6.07, 6.45) is -1.09. The standard InChI is InChI=1S/C29H30N2O5/c1-29(2,19-10-4-3-5-11-19)31-27(34)25(16-17-26(32)33)30-28(35)36-18-24-22-14-8-6-12-20(22)21-13-7-9-15-23(21)24/h3-15,24-25H,16-18H2,1-2H3,(H,30,35)(H,31,34)(H,32,33)/t25-/m0/s1. The average Bonchev–Trinajstić information content (AvgIpc) is 3.19. The predicted octanol–water partition coefficient (Wildman–Crippen LogP) is 4.81. The third kappa shape index (κ3) is 5.57. The lowest BCUT2D eigenvalue weighted by Gasteiger charge is -2.29. The fourth-order valence-electron chi connectivity index (χ4n) is 4.64. The zero-order valence-electron chi connectivity index (χ0n) is 20.4. The Morgan fingerprint density at radius 2 is 1.44 bits per heavy atom. The van der Waals surface area contributed by atoms with Crippen LogP contribution < -0.4 is 10.6 Å². The van der Waals surface area contributed by atoms with Crippen LogP contribution in [0.5, 0.6) is 0 Å². The molecule has 7 heteroatoms. The van der Waals surface area contributed by atoms with E-state index < -0.39 is 29.6 Å². The molecule has 0 fully saturated rings. The average molecular weight is 487 g/mol. The number of carbonyl (C=O) groups excluding carboxylic acids is 2. The number of carboxylic acid groups (broad SMARTS) is 1. The van der Waals surface area contributed by atoms with Crippen molar-refractivity contribution in [2.45, 2.75) is 44.2 Å². The Kier molecular flexibility index (Phi) is 7.38. The van der Waals surface area contributed by atoms with E-state index in [-0.39, 0.29) is 25.4 Å². The van der Waals surface area contributed by atoms with Crippen molar-refractivity contribution < 1.29 is 24.2 Å². The van der Waals surface area contributed by atoms with Gasteiger partial charge >= 0.3 is 12.1 Å². The molecule has 186 valence electrons. The third-order valence-electron chi connectivity index (χ3n) is 6.53. The second-order valence-electron chi connectivity index (χ2n) is 9.44. The number of benzene rings is 3. The largest absolute Gasteiger partial charge is 0.481 e. The van der Waals surface area contributed by atoms with Gasteiger partial charge in [0.1, 0.15) is 12.6 Å². The van der Waals surface area contributed by atoms with Crippen molar-refractivity contribution in [3.05, 3.63) is 95.6 Å². The van der Waals surface area contributed by atoms with Gasteiger partial charge in [-0.05, 0) is 48.1 Å². The maximum atomic E-state index is 13.1. The molecule has 1 atom stereocenters. The number of fused-ring (bicyclic) bond motifs is 3. The van der Waals surface area contributed by atoms with Gasteiger partial charge < -0.3 is 20.5 Å². The minimum absolute atomic E-state index is 0.0593. The molecule has 0 saturated heterocycles. The fourth-order valence-corrected chi connectivity index (χ4v) is 4.64. The highest BCUT2D eigenvalue weighted by molar-refractivity contribution is 5.87. The van der Waals surface area contributed by atoms with Crippen LogP contribution in [0.3, 0.4) is 0 Å².